The topological polar surface area (TPSA) is 73.6 Å². The summed E-state index contributed by atoms with van der Waals surface area (Å²) in [6.07, 6.45) is 0. The number of hydrogen-bond acceptors (Lipinski definition) is 4. The predicted octanol–water partition coefficient (Wildman–Crippen LogP) is 1.27. The van der Waals surface area contributed by atoms with Gasteiger partial charge in [-0.25, -0.2) is 0 Å². The van der Waals surface area contributed by atoms with Gasteiger partial charge in [0.05, 0.1) is 19.8 Å². The first-order valence-electron chi connectivity index (χ1n) is 5.77. The van der Waals surface area contributed by atoms with Gasteiger partial charge in [-0.3, -0.25) is 4.79 Å². The lowest BCUT2D eigenvalue weighted by Gasteiger charge is -2.17. The van der Waals surface area contributed by atoms with Crippen LogP contribution in [0.4, 0.5) is 0 Å². The van der Waals surface area contributed by atoms with Crippen LogP contribution in [0.2, 0.25) is 0 Å². The molecule has 0 saturated heterocycles. The molecular formula is C13H21ClN2O3. The van der Waals surface area contributed by atoms with Crippen molar-refractivity contribution in [3.8, 4) is 5.75 Å². The number of nitrogens with one attached hydrogen (secondary N) is 1. The first kappa shape index (κ1) is 17.7. The van der Waals surface area contributed by atoms with Crippen LogP contribution in [-0.2, 0) is 9.53 Å². The molecule has 0 aliphatic rings. The summed E-state index contributed by atoms with van der Waals surface area (Å²) in [6, 6.07) is 6.78. The van der Waals surface area contributed by atoms with Crippen molar-refractivity contribution < 1.29 is 14.3 Å². The molecule has 0 fully saturated rings. The van der Waals surface area contributed by atoms with Crippen molar-refractivity contribution in [1.82, 2.24) is 5.32 Å². The molecule has 0 aromatic heterocycles. The van der Waals surface area contributed by atoms with Gasteiger partial charge in [-0.1, -0.05) is 12.1 Å². The van der Waals surface area contributed by atoms with E-state index in [4.69, 9.17) is 15.2 Å². The van der Waals surface area contributed by atoms with Crippen LogP contribution in [0.1, 0.15) is 18.5 Å². The highest BCUT2D eigenvalue weighted by atomic mass is 35.5. The Balaban J connectivity index is 0.00000324. The number of carbonyl (C=O) groups is 1. The molecule has 0 radical (unpaired) electrons. The van der Waals surface area contributed by atoms with Crippen molar-refractivity contribution in [3.63, 3.8) is 0 Å². The van der Waals surface area contributed by atoms with Gasteiger partial charge in [0.2, 0.25) is 5.91 Å². The molecule has 0 bridgehead atoms. The Morgan fingerprint density at radius 3 is 2.37 bits per heavy atom. The average molecular weight is 289 g/mol. The summed E-state index contributed by atoms with van der Waals surface area (Å²) in [5, 5.41) is 2.83. The van der Waals surface area contributed by atoms with Crippen LogP contribution < -0.4 is 15.8 Å². The third-order valence-electron chi connectivity index (χ3n) is 2.66. The van der Waals surface area contributed by atoms with E-state index < -0.39 is 6.04 Å². The lowest BCUT2D eigenvalue weighted by molar-refractivity contribution is -0.124. The van der Waals surface area contributed by atoms with Gasteiger partial charge >= 0.3 is 0 Å². The molecule has 1 aromatic carbocycles. The van der Waals surface area contributed by atoms with Crippen molar-refractivity contribution in [2.24, 2.45) is 5.73 Å². The van der Waals surface area contributed by atoms with E-state index in [0.29, 0.717) is 0 Å². The summed E-state index contributed by atoms with van der Waals surface area (Å²) in [5.74, 6) is 0.563. The normalized spacial score (nSPS) is 13.1. The van der Waals surface area contributed by atoms with E-state index in [9.17, 15) is 4.79 Å². The number of methoxy groups -OCH3 is 2. The number of amides is 1. The van der Waals surface area contributed by atoms with E-state index in [-0.39, 0.29) is 31.0 Å². The van der Waals surface area contributed by atoms with E-state index in [0.717, 1.165) is 11.3 Å². The number of carbonyl (C=O) groups excluding carboxylic acids is 1. The van der Waals surface area contributed by atoms with E-state index in [1.807, 2.05) is 31.2 Å². The van der Waals surface area contributed by atoms with Crippen LogP contribution in [0.15, 0.2) is 24.3 Å². The Hall–Kier alpha value is -1.30. The van der Waals surface area contributed by atoms with Crippen LogP contribution in [0, 0.1) is 0 Å². The Kier molecular flexibility index (Phi) is 8.14. The van der Waals surface area contributed by atoms with Crippen LogP contribution in [-0.4, -0.2) is 32.8 Å². The highest BCUT2D eigenvalue weighted by Gasteiger charge is 2.16. The van der Waals surface area contributed by atoms with Crippen molar-refractivity contribution in [1.29, 1.82) is 0 Å². The SMILES string of the molecule is COCC(N)C(=O)NC(C)c1ccc(OC)cc1.Cl. The summed E-state index contributed by atoms with van der Waals surface area (Å²) >= 11 is 0. The van der Waals surface area contributed by atoms with Gasteiger partial charge in [0.25, 0.3) is 0 Å². The molecule has 0 heterocycles. The summed E-state index contributed by atoms with van der Waals surface area (Å²) in [4.78, 5) is 11.7. The minimum absolute atomic E-state index is 0. The van der Waals surface area contributed by atoms with Gasteiger partial charge in [0, 0.05) is 7.11 Å². The zero-order chi connectivity index (χ0) is 13.5. The third kappa shape index (κ3) is 5.46. The molecule has 0 aliphatic carbocycles. The van der Waals surface area contributed by atoms with Crippen LogP contribution in [0.5, 0.6) is 5.75 Å². The highest BCUT2D eigenvalue weighted by Crippen LogP contribution is 2.17. The zero-order valence-corrected chi connectivity index (χ0v) is 12.2. The molecule has 1 amide bonds. The first-order valence-corrected chi connectivity index (χ1v) is 5.77. The molecule has 0 spiro atoms. The Morgan fingerprint density at radius 1 is 1.32 bits per heavy atom. The summed E-state index contributed by atoms with van der Waals surface area (Å²) in [7, 11) is 3.13. The molecule has 2 unspecified atom stereocenters. The van der Waals surface area contributed by atoms with Crippen molar-refractivity contribution in [2.75, 3.05) is 20.8 Å². The monoisotopic (exact) mass is 288 g/mol. The number of rotatable bonds is 6. The quantitative estimate of drug-likeness (QED) is 0.827. The van der Waals surface area contributed by atoms with Crippen LogP contribution in [0.3, 0.4) is 0 Å². The second-order valence-corrected chi connectivity index (χ2v) is 4.07. The maximum atomic E-state index is 11.7. The predicted molar refractivity (Wildman–Crippen MR) is 76.7 cm³/mol. The largest absolute Gasteiger partial charge is 0.497 e. The molecule has 6 heteroatoms. The van der Waals surface area contributed by atoms with Crippen molar-refractivity contribution >= 4 is 18.3 Å². The summed E-state index contributed by atoms with van der Waals surface area (Å²) in [5.41, 5.74) is 6.64. The summed E-state index contributed by atoms with van der Waals surface area (Å²) < 4.78 is 9.92. The number of halogens is 1. The van der Waals surface area contributed by atoms with Crippen LogP contribution >= 0.6 is 12.4 Å². The van der Waals surface area contributed by atoms with Gasteiger partial charge in [-0.2, -0.15) is 0 Å². The lowest BCUT2D eigenvalue weighted by Crippen LogP contribution is -2.44. The van der Waals surface area contributed by atoms with Gasteiger partial charge < -0.3 is 20.5 Å². The minimum Gasteiger partial charge on any atom is -0.497 e. The molecule has 3 N–H and O–H groups in total. The Labute approximate surface area is 119 Å². The molecule has 2 atom stereocenters. The van der Waals surface area contributed by atoms with Gasteiger partial charge in [-0.05, 0) is 24.6 Å². The molecule has 108 valence electrons. The molecule has 1 rings (SSSR count). The van der Waals surface area contributed by atoms with Crippen LogP contribution in [0.25, 0.3) is 0 Å². The maximum absolute atomic E-state index is 11.7. The molecule has 1 aromatic rings. The maximum Gasteiger partial charge on any atom is 0.239 e. The molecule has 0 aliphatic heterocycles. The standard InChI is InChI=1S/C13H20N2O3.ClH/c1-9(15-13(16)12(14)8-17-2)10-4-6-11(18-3)7-5-10;/h4-7,9,12H,8,14H2,1-3H3,(H,15,16);1H. The minimum atomic E-state index is -0.643. The Morgan fingerprint density at radius 2 is 1.89 bits per heavy atom. The van der Waals surface area contributed by atoms with E-state index >= 15 is 0 Å². The van der Waals surface area contributed by atoms with Gasteiger partial charge in [-0.15, -0.1) is 12.4 Å². The second-order valence-electron chi connectivity index (χ2n) is 4.07. The fourth-order valence-corrected chi connectivity index (χ4v) is 1.55. The van der Waals surface area contributed by atoms with E-state index in [1.54, 1.807) is 7.11 Å². The number of nitrogens with two attached hydrogens (primary N) is 1. The second kappa shape index (κ2) is 8.74. The molecule has 5 nitrogen and oxygen atoms in total. The molecular weight excluding hydrogens is 268 g/mol. The zero-order valence-electron chi connectivity index (χ0n) is 11.4. The van der Waals surface area contributed by atoms with Crippen molar-refractivity contribution in [2.45, 2.75) is 19.0 Å². The molecule has 0 saturated carbocycles. The smallest absolute Gasteiger partial charge is 0.239 e. The fraction of sp³-hybridized carbons (Fsp3) is 0.462. The highest BCUT2D eigenvalue weighted by molar-refractivity contribution is 5.85. The average Bonchev–Trinajstić information content (AvgIpc) is 2.39. The molecule has 19 heavy (non-hydrogen) atoms. The number of hydrogen-bond donors (Lipinski definition) is 2. The fourth-order valence-electron chi connectivity index (χ4n) is 1.55. The Bertz CT molecular complexity index is 384. The van der Waals surface area contributed by atoms with Gasteiger partial charge in [0.15, 0.2) is 0 Å². The summed E-state index contributed by atoms with van der Waals surface area (Å²) in [6.45, 7) is 2.11. The lowest BCUT2D eigenvalue weighted by atomic mass is 10.1. The number of benzene rings is 1. The van der Waals surface area contributed by atoms with Gasteiger partial charge in [0.1, 0.15) is 11.8 Å². The van der Waals surface area contributed by atoms with Crippen molar-refractivity contribution in [3.05, 3.63) is 29.8 Å². The van der Waals surface area contributed by atoms with E-state index in [1.165, 1.54) is 7.11 Å². The first-order chi connectivity index (χ1) is 8.58. The third-order valence-corrected chi connectivity index (χ3v) is 2.66. The van der Waals surface area contributed by atoms with E-state index in [2.05, 4.69) is 5.32 Å². The number of ether oxygens (including phenoxy) is 2.